The number of hydrogen-bond acceptors (Lipinski definition) is 3. The smallest absolute Gasteiger partial charge is 0.238 e. The number of hydrogen-bond donors (Lipinski definition) is 0. The van der Waals surface area contributed by atoms with Crippen molar-refractivity contribution < 1.29 is 0 Å². The molecule has 4 heteroatoms. The van der Waals surface area contributed by atoms with E-state index in [1.54, 1.807) is 0 Å². The molecule has 0 saturated carbocycles. The van der Waals surface area contributed by atoms with Crippen LogP contribution in [0.15, 0.2) is 109 Å². The number of nitrogens with zero attached hydrogens (tertiary/aromatic N) is 4. The third-order valence-corrected chi connectivity index (χ3v) is 7.04. The van der Waals surface area contributed by atoms with E-state index in [4.69, 9.17) is 15.0 Å². The predicted molar refractivity (Wildman–Crippen MR) is 148 cm³/mol. The Morgan fingerprint density at radius 1 is 0.611 bits per heavy atom. The quantitative estimate of drug-likeness (QED) is 0.267. The molecule has 172 valence electrons. The molecule has 0 amide bonds. The molecule has 1 aliphatic rings. The monoisotopic (exact) mass is 464 g/mol. The molecule has 0 fully saturated rings. The maximum atomic E-state index is 5.07. The molecule has 6 aromatic rings. The molecule has 2 heterocycles. The van der Waals surface area contributed by atoms with Gasteiger partial charge < -0.3 is 0 Å². The summed E-state index contributed by atoms with van der Waals surface area (Å²) < 4.78 is 2.19. The second kappa shape index (κ2) is 8.28. The van der Waals surface area contributed by atoms with Gasteiger partial charge in [-0.1, -0.05) is 90.5 Å². The third kappa shape index (κ3) is 3.42. The Hall–Kier alpha value is -4.57. The Balaban J connectivity index is 1.56. The van der Waals surface area contributed by atoms with Crippen molar-refractivity contribution in [2.45, 2.75) is 19.8 Å². The van der Waals surface area contributed by atoms with Gasteiger partial charge in [-0.2, -0.15) is 9.97 Å². The summed E-state index contributed by atoms with van der Waals surface area (Å²) in [7, 11) is 0. The molecule has 0 N–H and O–H groups in total. The normalized spacial score (nSPS) is 13.8. The summed E-state index contributed by atoms with van der Waals surface area (Å²) >= 11 is 0. The van der Waals surface area contributed by atoms with Gasteiger partial charge in [0, 0.05) is 16.3 Å². The minimum atomic E-state index is 0.646. The number of para-hydroxylation sites is 1. The maximum absolute atomic E-state index is 5.07. The molecular formula is C32H24N4. The fourth-order valence-corrected chi connectivity index (χ4v) is 5.12. The lowest BCUT2D eigenvalue weighted by Gasteiger charge is -2.14. The van der Waals surface area contributed by atoms with Gasteiger partial charge in [0.2, 0.25) is 5.95 Å². The van der Waals surface area contributed by atoms with E-state index in [0.717, 1.165) is 40.8 Å². The molecule has 0 unspecified atom stereocenters. The minimum Gasteiger partial charge on any atom is -0.278 e. The molecule has 7 rings (SSSR count). The fourth-order valence-electron chi connectivity index (χ4n) is 5.12. The van der Waals surface area contributed by atoms with Gasteiger partial charge in [-0.05, 0) is 54.3 Å². The number of allylic oxidation sites excluding steroid dienone is 4. The fraction of sp³-hybridized carbons (Fsp3) is 0.0938. The average Bonchev–Trinajstić information content (AvgIpc) is 3.25. The summed E-state index contributed by atoms with van der Waals surface area (Å²) in [5, 5.41) is 4.81. The van der Waals surface area contributed by atoms with Gasteiger partial charge in [0.25, 0.3) is 0 Å². The summed E-state index contributed by atoms with van der Waals surface area (Å²) in [4.78, 5) is 15.0. The Labute approximate surface area is 209 Å². The minimum absolute atomic E-state index is 0.646. The summed E-state index contributed by atoms with van der Waals surface area (Å²) in [5.74, 6) is 2.08. The van der Waals surface area contributed by atoms with Crippen molar-refractivity contribution >= 4 is 38.2 Å². The Bertz CT molecular complexity index is 1840. The first kappa shape index (κ1) is 20.8. The second-order valence-corrected chi connectivity index (χ2v) is 9.42. The largest absolute Gasteiger partial charge is 0.278 e. The van der Waals surface area contributed by atoms with Gasteiger partial charge in [-0.25, -0.2) is 4.98 Å². The van der Waals surface area contributed by atoms with Crippen molar-refractivity contribution in [1.29, 1.82) is 0 Å². The van der Waals surface area contributed by atoms with Crippen LogP contribution in [-0.2, 0) is 0 Å². The molecule has 4 nitrogen and oxygen atoms in total. The molecule has 0 radical (unpaired) electrons. The summed E-state index contributed by atoms with van der Waals surface area (Å²) in [6, 6.07) is 31.7. The first-order chi connectivity index (χ1) is 17.7. The van der Waals surface area contributed by atoms with Crippen molar-refractivity contribution in [3.05, 3.63) is 115 Å². The Kier molecular flexibility index (Phi) is 4.78. The summed E-state index contributed by atoms with van der Waals surface area (Å²) in [6.45, 7) is 2.17. The molecule has 0 bridgehead atoms. The van der Waals surface area contributed by atoms with Gasteiger partial charge in [-0.3, -0.25) is 4.57 Å². The SMILES string of the molecule is CC1=CC=C(c2nc(-c3ccccc3)nc(-n3c4ccccc4c4cc5ccccc5cc43)n2)CC1. The highest BCUT2D eigenvalue weighted by molar-refractivity contribution is 6.13. The highest BCUT2D eigenvalue weighted by Gasteiger charge is 2.19. The van der Waals surface area contributed by atoms with Crippen molar-refractivity contribution in [3.8, 4) is 17.3 Å². The molecule has 0 atom stereocenters. The van der Waals surface area contributed by atoms with E-state index in [9.17, 15) is 0 Å². The highest BCUT2D eigenvalue weighted by atomic mass is 15.2. The Morgan fingerprint density at radius 2 is 1.33 bits per heavy atom. The number of rotatable bonds is 3. The van der Waals surface area contributed by atoms with Crippen LogP contribution >= 0.6 is 0 Å². The predicted octanol–water partition coefficient (Wildman–Crippen LogP) is 7.91. The lowest BCUT2D eigenvalue weighted by atomic mass is 9.99. The lowest BCUT2D eigenvalue weighted by Crippen LogP contribution is -2.08. The molecular weight excluding hydrogens is 440 g/mol. The zero-order valence-electron chi connectivity index (χ0n) is 20.0. The van der Waals surface area contributed by atoms with Crippen LogP contribution in [0.5, 0.6) is 0 Å². The van der Waals surface area contributed by atoms with Crippen LogP contribution in [0.25, 0.3) is 55.5 Å². The molecule has 36 heavy (non-hydrogen) atoms. The second-order valence-electron chi connectivity index (χ2n) is 9.42. The van der Waals surface area contributed by atoms with E-state index in [1.807, 2.05) is 18.2 Å². The van der Waals surface area contributed by atoms with Gasteiger partial charge in [0.1, 0.15) is 0 Å². The van der Waals surface area contributed by atoms with Crippen molar-refractivity contribution in [2.75, 3.05) is 0 Å². The van der Waals surface area contributed by atoms with Crippen molar-refractivity contribution in [1.82, 2.24) is 19.5 Å². The van der Waals surface area contributed by atoms with Crippen LogP contribution in [0, 0.1) is 0 Å². The van der Waals surface area contributed by atoms with Crippen LogP contribution in [-0.4, -0.2) is 19.5 Å². The van der Waals surface area contributed by atoms with E-state index in [1.165, 1.54) is 27.1 Å². The molecule has 0 aliphatic heterocycles. The molecule has 4 aromatic carbocycles. The summed E-state index contributed by atoms with van der Waals surface area (Å²) in [6.07, 6.45) is 6.29. The van der Waals surface area contributed by atoms with Crippen LogP contribution < -0.4 is 0 Å². The first-order valence-electron chi connectivity index (χ1n) is 12.4. The zero-order valence-corrected chi connectivity index (χ0v) is 20.0. The molecule has 0 spiro atoms. The number of aromatic nitrogens is 4. The number of fused-ring (bicyclic) bond motifs is 4. The van der Waals surface area contributed by atoms with Gasteiger partial charge >= 0.3 is 0 Å². The number of benzene rings is 4. The van der Waals surface area contributed by atoms with Crippen LogP contribution in [0.4, 0.5) is 0 Å². The van der Waals surface area contributed by atoms with Crippen LogP contribution in [0.3, 0.4) is 0 Å². The van der Waals surface area contributed by atoms with E-state index in [2.05, 4.69) is 96.4 Å². The van der Waals surface area contributed by atoms with Gasteiger partial charge in [0.15, 0.2) is 11.6 Å². The first-order valence-corrected chi connectivity index (χ1v) is 12.4. The topological polar surface area (TPSA) is 43.6 Å². The van der Waals surface area contributed by atoms with Crippen molar-refractivity contribution in [3.63, 3.8) is 0 Å². The van der Waals surface area contributed by atoms with Crippen LogP contribution in [0.1, 0.15) is 25.6 Å². The van der Waals surface area contributed by atoms with Gasteiger partial charge in [-0.15, -0.1) is 0 Å². The average molecular weight is 465 g/mol. The third-order valence-electron chi connectivity index (χ3n) is 7.04. The van der Waals surface area contributed by atoms with Crippen LogP contribution in [0.2, 0.25) is 0 Å². The lowest BCUT2D eigenvalue weighted by molar-refractivity contribution is 0.902. The summed E-state index contributed by atoms with van der Waals surface area (Å²) in [5.41, 5.74) is 5.70. The van der Waals surface area contributed by atoms with E-state index in [0.29, 0.717) is 11.8 Å². The highest BCUT2D eigenvalue weighted by Crippen LogP contribution is 2.35. The molecule has 1 aliphatic carbocycles. The van der Waals surface area contributed by atoms with Gasteiger partial charge in [0.05, 0.1) is 11.0 Å². The standard InChI is InChI=1S/C32H24N4/c1-21-15-17-23(18-16-21)31-33-30(22-9-3-2-4-10-22)34-32(35-31)36-28-14-8-7-13-26(28)27-19-24-11-5-6-12-25(24)20-29(27)36/h2-15,17,19-20H,16,18H2,1H3. The van der Waals surface area contributed by atoms with Crippen molar-refractivity contribution in [2.24, 2.45) is 0 Å². The maximum Gasteiger partial charge on any atom is 0.238 e. The Morgan fingerprint density at radius 3 is 2.14 bits per heavy atom. The van der Waals surface area contributed by atoms with E-state index in [-0.39, 0.29) is 0 Å². The van der Waals surface area contributed by atoms with E-state index < -0.39 is 0 Å². The molecule has 0 saturated heterocycles. The van der Waals surface area contributed by atoms with E-state index >= 15 is 0 Å². The molecule has 2 aromatic heterocycles. The zero-order chi connectivity index (χ0) is 24.1.